The Hall–Kier alpha value is -1.02. The second kappa shape index (κ2) is 5.16. The third-order valence-electron chi connectivity index (χ3n) is 5.11. The van der Waals surface area contributed by atoms with Gasteiger partial charge in [0.05, 0.1) is 0 Å². The van der Waals surface area contributed by atoms with Gasteiger partial charge in [0.2, 0.25) is 0 Å². The summed E-state index contributed by atoms with van der Waals surface area (Å²) in [5.74, 6) is 1.66. The van der Waals surface area contributed by atoms with E-state index in [4.69, 9.17) is 0 Å². The van der Waals surface area contributed by atoms with Crippen LogP contribution in [0.4, 0.5) is 5.69 Å². The standard InChI is InChI=1S/C17H26N2/c1-12-8-13(2)14(3)19(11-12)16-9-15-6-4-5-7-17(15)18-10-16/h4-7,12-14,16,18H,8-11H2,1-3H3. The lowest BCUT2D eigenvalue weighted by Crippen LogP contribution is -2.54. The van der Waals surface area contributed by atoms with Crippen molar-refractivity contribution in [3.05, 3.63) is 29.8 Å². The molecule has 4 atom stereocenters. The van der Waals surface area contributed by atoms with E-state index >= 15 is 0 Å². The first-order valence-electron chi connectivity index (χ1n) is 7.72. The molecule has 0 radical (unpaired) electrons. The Labute approximate surface area is 117 Å². The van der Waals surface area contributed by atoms with Gasteiger partial charge in [0.25, 0.3) is 0 Å². The number of nitrogens with one attached hydrogen (secondary N) is 1. The largest absolute Gasteiger partial charge is 0.383 e. The number of piperidine rings is 1. The second-order valence-corrected chi connectivity index (χ2v) is 6.65. The fourth-order valence-electron chi connectivity index (χ4n) is 3.90. The molecule has 104 valence electrons. The molecule has 1 aromatic rings. The van der Waals surface area contributed by atoms with Crippen LogP contribution in [0.2, 0.25) is 0 Å². The van der Waals surface area contributed by atoms with Gasteiger partial charge in [-0.05, 0) is 43.2 Å². The highest BCUT2D eigenvalue weighted by Crippen LogP contribution is 2.32. The molecule has 2 heteroatoms. The number of hydrogen-bond donors (Lipinski definition) is 1. The fourth-order valence-corrected chi connectivity index (χ4v) is 3.90. The van der Waals surface area contributed by atoms with Gasteiger partial charge >= 0.3 is 0 Å². The molecular weight excluding hydrogens is 232 g/mol. The van der Waals surface area contributed by atoms with Gasteiger partial charge in [0, 0.05) is 30.9 Å². The van der Waals surface area contributed by atoms with Gasteiger partial charge in [-0.25, -0.2) is 0 Å². The number of hydrogen-bond acceptors (Lipinski definition) is 2. The van der Waals surface area contributed by atoms with E-state index in [9.17, 15) is 0 Å². The summed E-state index contributed by atoms with van der Waals surface area (Å²) >= 11 is 0. The van der Waals surface area contributed by atoms with Crippen molar-refractivity contribution in [2.45, 2.75) is 45.7 Å². The smallest absolute Gasteiger partial charge is 0.0373 e. The van der Waals surface area contributed by atoms with Crippen LogP contribution >= 0.6 is 0 Å². The Bertz CT molecular complexity index is 443. The predicted molar refractivity (Wildman–Crippen MR) is 81.5 cm³/mol. The van der Waals surface area contributed by atoms with Gasteiger partial charge in [-0.1, -0.05) is 32.0 Å². The van der Waals surface area contributed by atoms with E-state index in [1.54, 1.807) is 0 Å². The number of nitrogens with zero attached hydrogens (tertiary/aromatic N) is 1. The molecule has 0 aromatic heterocycles. The molecule has 0 amide bonds. The average Bonchev–Trinajstić information content (AvgIpc) is 2.42. The molecule has 4 unspecified atom stereocenters. The molecule has 1 N–H and O–H groups in total. The van der Waals surface area contributed by atoms with Gasteiger partial charge in [0.15, 0.2) is 0 Å². The fraction of sp³-hybridized carbons (Fsp3) is 0.647. The first kappa shape index (κ1) is 13.0. The van der Waals surface area contributed by atoms with Crippen molar-refractivity contribution in [2.75, 3.05) is 18.4 Å². The Morgan fingerprint density at radius 2 is 1.95 bits per heavy atom. The van der Waals surface area contributed by atoms with E-state index in [-0.39, 0.29) is 0 Å². The van der Waals surface area contributed by atoms with Crippen molar-refractivity contribution in [2.24, 2.45) is 11.8 Å². The molecule has 0 spiro atoms. The number of benzene rings is 1. The van der Waals surface area contributed by atoms with E-state index < -0.39 is 0 Å². The van der Waals surface area contributed by atoms with Crippen molar-refractivity contribution < 1.29 is 0 Å². The van der Waals surface area contributed by atoms with Crippen LogP contribution in [-0.4, -0.2) is 30.1 Å². The van der Waals surface area contributed by atoms with Crippen molar-refractivity contribution in [1.82, 2.24) is 4.90 Å². The molecule has 2 aliphatic rings. The summed E-state index contributed by atoms with van der Waals surface area (Å²) in [6.45, 7) is 9.59. The second-order valence-electron chi connectivity index (χ2n) is 6.65. The van der Waals surface area contributed by atoms with Crippen LogP contribution in [0.3, 0.4) is 0 Å². The Kier molecular flexibility index (Phi) is 3.53. The summed E-state index contributed by atoms with van der Waals surface area (Å²) in [6.07, 6.45) is 2.58. The van der Waals surface area contributed by atoms with E-state index in [1.807, 2.05) is 0 Å². The van der Waals surface area contributed by atoms with Crippen molar-refractivity contribution in [3.63, 3.8) is 0 Å². The normalized spacial score (nSPS) is 35.5. The van der Waals surface area contributed by atoms with E-state index in [0.29, 0.717) is 12.1 Å². The number of para-hydroxylation sites is 1. The minimum atomic E-state index is 0.662. The van der Waals surface area contributed by atoms with Crippen LogP contribution in [-0.2, 0) is 6.42 Å². The molecule has 3 rings (SSSR count). The molecule has 0 saturated carbocycles. The van der Waals surface area contributed by atoms with Gasteiger partial charge in [0.1, 0.15) is 0 Å². The minimum Gasteiger partial charge on any atom is -0.383 e. The van der Waals surface area contributed by atoms with E-state index in [2.05, 4.69) is 55.3 Å². The monoisotopic (exact) mass is 258 g/mol. The lowest BCUT2D eigenvalue weighted by molar-refractivity contribution is 0.0435. The highest BCUT2D eigenvalue weighted by atomic mass is 15.2. The molecule has 0 bridgehead atoms. The molecule has 1 fully saturated rings. The SMILES string of the molecule is CC1CC(C)C(C)N(C2CNc3ccccc3C2)C1. The van der Waals surface area contributed by atoms with Gasteiger partial charge in [-0.15, -0.1) is 0 Å². The average molecular weight is 258 g/mol. The predicted octanol–water partition coefficient (Wildman–Crippen LogP) is 3.39. The van der Waals surface area contributed by atoms with Crippen LogP contribution < -0.4 is 5.32 Å². The zero-order valence-electron chi connectivity index (χ0n) is 12.4. The maximum Gasteiger partial charge on any atom is 0.0373 e. The van der Waals surface area contributed by atoms with Crippen LogP contribution in [0.15, 0.2) is 24.3 Å². The summed E-state index contributed by atoms with van der Waals surface area (Å²) in [6, 6.07) is 10.1. The van der Waals surface area contributed by atoms with Crippen molar-refractivity contribution >= 4 is 5.69 Å². The molecule has 1 saturated heterocycles. The first-order valence-corrected chi connectivity index (χ1v) is 7.72. The highest BCUT2D eigenvalue weighted by molar-refractivity contribution is 5.53. The molecule has 1 aromatic carbocycles. The molecule has 0 aliphatic carbocycles. The zero-order valence-corrected chi connectivity index (χ0v) is 12.4. The summed E-state index contributed by atoms with van der Waals surface area (Å²) in [7, 11) is 0. The van der Waals surface area contributed by atoms with Crippen molar-refractivity contribution in [1.29, 1.82) is 0 Å². The summed E-state index contributed by atoms with van der Waals surface area (Å²) in [5.41, 5.74) is 2.82. The minimum absolute atomic E-state index is 0.662. The number of likely N-dealkylation sites (tertiary alicyclic amines) is 1. The van der Waals surface area contributed by atoms with Crippen LogP contribution in [0.5, 0.6) is 0 Å². The van der Waals surface area contributed by atoms with Crippen LogP contribution in [0.1, 0.15) is 32.8 Å². The lowest BCUT2D eigenvalue weighted by Gasteiger charge is -2.46. The van der Waals surface area contributed by atoms with Gasteiger partial charge < -0.3 is 5.32 Å². The number of rotatable bonds is 1. The quantitative estimate of drug-likeness (QED) is 0.830. The summed E-state index contributed by atoms with van der Waals surface area (Å²) in [5, 5.41) is 3.62. The third-order valence-corrected chi connectivity index (χ3v) is 5.11. The van der Waals surface area contributed by atoms with Crippen LogP contribution in [0, 0.1) is 11.8 Å². The number of anilines is 1. The topological polar surface area (TPSA) is 15.3 Å². The summed E-state index contributed by atoms with van der Waals surface area (Å²) < 4.78 is 0. The van der Waals surface area contributed by atoms with Crippen LogP contribution in [0.25, 0.3) is 0 Å². The Morgan fingerprint density at radius 1 is 1.16 bits per heavy atom. The first-order chi connectivity index (χ1) is 9.15. The maximum atomic E-state index is 3.62. The van der Waals surface area contributed by atoms with Gasteiger partial charge in [-0.2, -0.15) is 0 Å². The molecule has 19 heavy (non-hydrogen) atoms. The number of fused-ring (bicyclic) bond motifs is 1. The molecule has 2 nitrogen and oxygen atoms in total. The summed E-state index contributed by atoms with van der Waals surface area (Å²) in [4.78, 5) is 2.75. The maximum absolute atomic E-state index is 3.62. The van der Waals surface area contributed by atoms with E-state index in [1.165, 1.54) is 30.6 Å². The van der Waals surface area contributed by atoms with Crippen molar-refractivity contribution in [3.8, 4) is 0 Å². The molecular formula is C17H26N2. The zero-order chi connectivity index (χ0) is 13.4. The Balaban J connectivity index is 1.77. The van der Waals surface area contributed by atoms with Gasteiger partial charge in [-0.3, -0.25) is 4.90 Å². The highest BCUT2D eigenvalue weighted by Gasteiger charge is 2.34. The third kappa shape index (κ3) is 2.51. The lowest BCUT2D eigenvalue weighted by atomic mass is 9.83. The molecule has 2 heterocycles. The molecule has 2 aliphatic heterocycles. The van der Waals surface area contributed by atoms with E-state index in [0.717, 1.165) is 18.4 Å². The Morgan fingerprint density at radius 3 is 2.79 bits per heavy atom.